The minimum Gasteiger partial charge on any atom is -0.483 e. The van der Waals surface area contributed by atoms with Gasteiger partial charge in [-0.3, -0.25) is 43.6 Å². The number of benzene rings is 2. The van der Waals surface area contributed by atoms with Crippen LogP contribution in [0, 0.1) is 20.8 Å². The fraction of sp³-hybridized carbons (Fsp3) is 0.444. The Kier molecular flexibility index (Phi) is 17.0. The highest BCUT2D eigenvalue weighted by Crippen LogP contribution is 2.40. The number of nitrogens with zero attached hydrogens (tertiary/aromatic N) is 5. The number of imide groups is 1. The lowest BCUT2D eigenvalue weighted by Gasteiger charge is -2.29. The van der Waals surface area contributed by atoms with Gasteiger partial charge in [0.15, 0.2) is 5.82 Å². The number of hydrogen-bond donors (Lipinski definition) is 3. The Balaban J connectivity index is 0.00000220. The number of aromatic nitrogens is 3. The molecule has 1 saturated heterocycles. The number of carbonyl (C=O) groups is 6. The first kappa shape index (κ1) is 47.8. The average molecular weight is 918 g/mol. The zero-order chi connectivity index (χ0) is 45.8. The lowest BCUT2D eigenvalue weighted by molar-refractivity contribution is -0.137. The molecule has 19 heteroatoms. The summed E-state index contributed by atoms with van der Waals surface area (Å²) in [6, 6.07) is 11.6. The molecule has 0 bridgehead atoms. The molecule has 4 amide bonds. The third kappa shape index (κ3) is 11.7. The maximum atomic E-state index is 13.3. The summed E-state index contributed by atoms with van der Waals surface area (Å²) in [6.45, 7) is 8.60. The molecule has 0 radical (unpaired) electrons. The van der Waals surface area contributed by atoms with Crippen molar-refractivity contribution in [1.82, 2.24) is 25.0 Å². The van der Waals surface area contributed by atoms with Crippen LogP contribution in [-0.2, 0) is 44.7 Å². The van der Waals surface area contributed by atoms with Gasteiger partial charge in [-0.15, -0.1) is 21.5 Å². The SMILES string of the molecule is Cc1sc2c(c1C)C(c1ccc(Cl)cc1)=N[C@@H](CC(=O)CCCOCCOCCOCCCCC(=O)Nc1cccc3c1CN(C1CCC(=O)NC1=O)C3=O)c1nnc(C)n1-2.O=CO. The number of thiophene rings is 1. The standard InChI is InChI=1S/C44H50ClN7O8S.CH2O2/c1-26-27(2)61-44-39(26)40(29-12-14-30(45)15-13-29)47-35(41-50-49-28(3)52(41)44)24-31(53)8-7-19-59-21-23-60-22-20-58-18-5-4-11-37(54)46-34-10-6-9-32-33(34)25-51(43(32)57)36-16-17-38(55)48-42(36)56;2-1-3/h6,9-10,12-15,35-36H,4-5,7-8,11,16-25H2,1-3H3,(H,46,54)(H,48,55,56);1H,(H,2,3)/t35-,36?;/m0./s1. The van der Waals surface area contributed by atoms with Crippen LogP contribution < -0.4 is 10.6 Å². The average Bonchev–Trinajstić information content (AvgIpc) is 3.88. The molecule has 4 aromatic rings. The van der Waals surface area contributed by atoms with Gasteiger partial charge in [-0.25, -0.2) is 0 Å². The number of rotatable bonds is 20. The normalized spacial score (nSPS) is 16.5. The van der Waals surface area contributed by atoms with Crippen molar-refractivity contribution in [3.05, 3.63) is 91.8 Å². The zero-order valence-corrected chi connectivity index (χ0v) is 37.6. The van der Waals surface area contributed by atoms with Crippen LogP contribution in [0.1, 0.15) is 107 Å². The van der Waals surface area contributed by atoms with Crippen molar-refractivity contribution < 1.29 is 48.1 Å². The largest absolute Gasteiger partial charge is 0.483 e. The first-order chi connectivity index (χ1) is 30.9. The number of carboxylic acid groups (broad SMARTS) is 1. The zero-order valence-electron chi connectivity index (χ0n) is 36.0. The van der Waals surface area contributed by atoms with Crippen molar-refractivity contribution in [1.29, 1.82) is 0 Å². The van der Waals surface area contributed by atoms with Crippen molar-refractivity contribution >= 4 is 70.2 Å². The minimum absolute atomic E-state index is 0.0735. The molecule has 0 spiro atoms. The third-order valence-electron chi connectivity index (χ3n) is 11.1. The molecule has 2 aromatic heterocycles. The molecule has 340 valence electrons. The first-order valence-corrected chi connectivity index (χ1v) is 22.4. The molecule has 3 N–H and O–H groups in total. The minimum atomic E-state index is -0.717. The van der Waals surface area contributed by atoms with Crippen LogP contribution in [0.4, 0.5) is 5.69 Å². The van der Waals surface area contributed by atoms with Crippen molar-refractivity contribution in [2.45, 2.75) is 90.8 Å². The second-order valence-electron chi connectivity index (χ2n) is 15.4. The third-order valence-corrected chi connectivity index (χ3v) is 12.5. The molecule has 7 rings (SSSR count). The predicted molar refractivity (Wildman–Crippen MR) is 238 cm³/mol. The van der Waals surface area contributed by atoms with E-state index in [1.54, 1.807) is 29.5 Å². The number of aryl methyl sites for hydroxylation is 2. The molecule has 0 aliphatic carbocycles. The summed E-state index contributed by atoms with van der Waals surface area (Å²) in [7, 11) is 0. The molecular formula is C45H52ClN7O10S. The van der Waals surface area contributed by atoms with Gasteiger partial charge in [0.2, 0.25) is 17.7 Å². The number of hydrogen-bond acceptors (Lipinski definition) is 13. The highest BCUT2D eigenvalue weighted by molar-refractivity contribution is 7.15. The number of fused-ring (bicyclic) bond motifs is 4. The lowest BCUT2D eigenvalue weighted by Crippen LogP contribution is -2.52. The van der Waals surface area contributed by atoms with Gasteiger partial charge in [0.1, 0.15) is 28.7 Å². The Hall–Kier alpha value is -5.66. The second-order valence-corrected chi connectivity index (χ2v) is 17.1. The van der Waals surface area contributed by atoms with Gasteiger partial charge >= 0.3 is 0 Å². The molecule has 0 saturated carbocycles. The summed E-state index contributed by atoms with van der Waals surface area (Å²) >= 11 is 7.90. The smallest absolute Gasteiger partial charge is 0.290 e. The van der Waals surface area contributed by atoms with Crippen LogP contribution in [0.5, 0.6) is 0 Å². The molecule has 3 aliphatic heterocycles. The number of piperidine rings is 1. The number of anilines is 1. The van der Waals surface area contributed by atoms with Gasteiger partial charge in [-0.2, -0.15) is 0 Å². The van der Waals surface area contributed by atoms with Crippen LogP contribution in [0.15, 0.2) is 47.5 Å². The number of ketones is 1. The van der Waals surface area contributed by atoms with E-state index < -0.39 is 18.0 Å². The Morgan fingerprint density at radius 3 is 2.33 bits per heavy atom. The molecule has 64 heavy (non-hydrogen) atoms. The number of aliphatic imine (C=N–C) groups is 1. The number of nitrogens with one attached hydrogen (secondary N) is 2. The van der Waals surface area contributed by atoms with E-state index >= 15 is 0 Å². The number of amides is 4. The Morgan fingerprint density at radius 2 is 1.62 bits per heavy atom. The van der Waals surface area contributed by atoms with Crippen LogP contribution >= 0.6 is 22.9 Å². The quantitative estimate of drug-likeness (QED) is 0.0539. The highest BCUT2D eigenvalue weighted by Gasteiger charge is 2.40. The fourth-order valence-electron chi connectivity index (χ4n) is 7.77. The van der Waals surface area contributed by atoms with E-state index in [4.69, 9.17) is 40.7 Å². The van der Waals surface area contributed by atoms with Gasteiger partial charge in [-0.05, 0) is 76.3 Å². The Labute approximate surface area is 379 Å². The van der Waals surface area contributed by atoms with E-state index in [9.17, 15) is 24.0 Å². The van der Waals surface area contributed by atoms with E-state index in [0.717, 1.165) is 33.2 Å². The fourth-order valence-corrected chi connectivity index (χ4v) is 9.11. The van der Waals surface area contributed by atoms with Crippen molar-refractivity contribution in [2.75, 3.05) is 45.0 Å². The molecule has 2 aromatic carbocycles. The number of Topliss-reactive ketones (excluding diaryl/α,β-unsaturated/α-hetero) is 1. The number of carbonyl (C=O) groups excluding carboxylic acids is 5. The van der Waals surface area contributed by atoms with Gasteiger partial charge in [0.05, 0.1) is 32.1 Å². The van der Waals surface area contributed by atoms with Crippen LogP contribution in [0.3, 0.4) is 0 Å². The number of ether oxygens (including phenoxy) is 3. The predicted octanol–water partition coefficient (Wildman–Crippen LogP) is 5.86. The molecule has 1 unspecified atom stereocenters. The molecule has 1 fully saturated rings. The maximum absolute atomic E-state index is 13.3. The van der Waals surface area contributed by atoms with Crippen LogP contribution in [0.2, 0.25) is 5.02 Å². The van der Waals surface area contributed by atoms with E-state index in [1.807, 2.05) is 35.8 Å². The van der Waals surface area contributed by atoms with Crippen LogP contribution in [-0.4, -0.2) is 112 Å². The van der Waals surface area contributed by atoms with Crippen molar-refractivity contribution in [3.63, 3.8) is 0 Å². The first-order valence-electron chi connectivity index (χ1n) is 21.2. The topological polar surface area (TPSA) is 221 Å². The van der Waals surface area contributed by atoms with Gasteiger partial charge in [0, 0.05) is 83.3 Å². The summed E-state index contributed by atoms with van der Waals surface area (Å²) < 4.78 is 19.1. The van der Waals surface area contributed by atoms with E-state index in [1.165, 1.54) is 9.78 Å². The summed E-state index contributed by atoms with van der Waals surface area (Å²) in [5, 5.41) is 22.6. The lowest BCUT2D eigenvalue weighted by atomic mass is 9.99. The summed E-state index contributed by atoms with van der Waals surface area (Å²) in [5.41, 5.74) is 5.58. The Morgan fingerprint density at radius 1 is 0.938 bits per heavy atom. The summed E-state index contributed by atoms with van der Waals surface area (Å²) in [4.78, 5) is 79.2. The molecule has 17 nitrogen and oxygen atoms in total. The van der Waals surface area contributed by atoms with Crippen molar-refractivity contribution in [3.8, 4) is 5.00 Å². The Bertz CT molecular complexity index is 2380. The van der Waals surface area contributed by atoms with E-state index in [0.29, 0.717) is 93.0 Å². The van der Waals surface area contributed by atoms with Gasteiger partial charge in [0.25, 0.3) is 12.4 Å². The maximum Gasteiger partial charge on any atom is 0.290 e. The summed E-state index contributed by atoms with van der Waals surface area (Å²) in [6.07, 6.45) is 3.18. The van der Waals surface area contributed by atoms with Crippen LogP contribution in [0.25, 0.3) is 5.00 Å². The molecule has 3 aliphatic rings. The van der Waals surface area contributed by atoms with Gasteiger partial charge in [-0.1, -0.05) is 29.8 Å². The number of unbranched alkanes of at least 4 members (excludes halogenated alkanes) is 1. The van der Waals surface area contributed by atoms with E-state index in [-0.39, 0.29) is 62.2 Å². The monoisotopic (exact) mass is 917 g/mol. The summed E-state index contributed by atoms with van der Waals surface area (Å²) in [5.74, 6) is 0.211. The molecular weight excluding hydrogens is 866 g/mol. The van der Waals surface area contributed by atoms with E-state index in [2.05, 4.69) is 34.7 Å². The highest BCUT2D eigenvalue weighted by atomic mass is 35.5. The van der Waals surface area contributed by atoms with Gasteiger partial charge < -0.3 is 29.5 Å². The molecule has 2 atom stereocenters. The molecule has 5 heterocycles. The number of halogens is 1. The van der Waals surface area contributed by atoms with Crippen molar-refractivity contribution in [2.24, 2.45) is 4.99 Å². The second kappa shape index (κ2) is 22.8.